The van der Waals surface area contributed by atoms with E-state index in [0.29, 0.717) is 5.02 Å². The summed E-state index contributed by atoms with van der Waals surface area (Å²) in [5, 5.41) is 13.6. The van der Waals surface area contributed by atoms with Crippen molar-refractivity contribution >= 4 is 39.2 Å². The summed E-state index contributed by atoms with van der Waals surface area (Å²) in [6.45, 7) is 0. The SMILES string of the molecule is O=C(O)c1cccc(-n2c(-c3ccc(Cl)cc3)cc3c4ccccc4ccc32)c1. The number of rotatable bonds is 3. The van der Waals surface area contributed by atoms with Gasteiger partial charge in [-0.15, -0.1) is 0 Å². The van der Waals surface area contributed by atoms with E-state index in [9.17, 15) is 9.90 Å². The molecule has 4 aromatic carbocycles. The Labute approximate surface area is 172 Å². The van der Waals surface area contributed by atoms with Crippen molar-refractivity contribution in [3.63, 3.8) is 0 Å². The highest BCUT2D eigenvalue weighted by Crippen LogP contribution is 2.36. The van der Waals surface area contributed by atoms with E-state index in [-0.39, 0.29) is 5.56 Å². The predicted molar refractivity (Wildman–Crippen MR) is 118 cm³/mol. The molecule has 0 spiro atoms. The summed E-state index contributed by atoms with van der Waals surface area (Å²) in [7, 11) is 0. The van der Waals surface area contributed by atoms with Crippen molar-refractivity contribution in [1.82, 2.24) is 4.57 Å². The average molecular weight is 398 g/mol. The maximum atomic E-state index is 11.5. The maximum absolute atomic E-state index is 11.5. The third kappa shape index (κ3) is 2.96. The number of fused-ring (bicyclic) bond motifs is 3. The molecule has 1 N–H and O–H groups in total. The van der Waals surface area contributed by atoms with Crippen LogP contribution in [0.1, 0.15) is 10.4 Å². The molecule has 0 saturated heterocycles. The van der Waals surface area contributed by atoms with Crippen LogP contribution in [0.2, 0.25) is 5.02 Å². The molecule has 5 rings (SSSR count). The van der Waals surface area contributed by atoms with Crippen LogP contribution in [-0.2, 0) is 0 Å². The molecule has 0 radical (unpaired) electrons. The van der Waals surface area contributed by atoms with Crippen LogP contribution in [0, 0.1) is 0 Å². The molecule has 140 valence electrons. The molecular formula is C25H16ClNO2. The van der Waals surface area contributed by atoms with Gasteiger partial charge in [-0.05, 0) is 58.8 Å². The van der Waals surface area contributed by atoms with Gasteiger partial charge in [0.2, 0.25) is 0 Å². The van der Waals surface area contributed by atoms with Crippen LogP contribution >= 0.6 is 11.6 Å². The molecule has 29 heavy (non-hydrogen) atoms. The summed E-state index contributed by atoms with van der Waals surface area (Å²) in [6, 6.07) is 29.3. The third-order valence-electron chi connectivity index (χ3n) is 5.20. The summed E-state index contributed by atoms with van der Waals surface area (Å²) >= 11 is 6.10. The second-order valence-electron chi connectivity index (χ2n) is 6.95. The number of aromatic carboxylic acids is 1. The minimum absolute atomic E-state index is 0.257. The van der Waals surface area contributed by atoms with Gasteiger partial charge in [0.05, 0.1) is 16.8 Å². The van der Waals surface area contributed by atoms with Crippen LogP contribution in [0.15, 0.2) is 91.0 Å². The molecule has 1 aromatic heterocycles. The van der Waals surface area contributed by atoms with Crippen molar-refractivity contribution in [3.8, 4) is 16.9 Å². The molecule has 0 aliphatic carbocycles. The van der Waals surface area contributed by atoms with Gasteiger partial charge in [-0.1, -0.05) is 60.1 Å². The number of benzene rings is 4. The Bertz CT molecular complexity index is 1380. The molecule has 0 fully saturated rings. The van der Waals surface area contributed by atoms with Gasteiger partial charge in [0.1, 0.15) is 0 Å². The first-order chi connectivity index (χ1) is 14.1. The number of aromatic nitrogens is 1. The number of hydrogen-bond donors (Lipinski definition) is 1. The highest BCUT2D eigenvalue weighted by molar-refractivity contribution is 6.30. The quantitative estimate of drug-likeness (QED) is 0.363. The molecule has 0 aliphatic rings. The smallest absolute Gasteiger partial charge is 0.335 e. The van der Waals surface area contributed by atoms with Crippen LogP contribution in [0.4, 0.5) is 0 Å². The second-order valence-corrected chi connectivity index (χ2v) is 7.38. The molecule has 0 saturated carbocycles. The van der Waals surface area contributed by atoms with Crippen LogP contribution in [0.5, 0.6) is 0 Å². The largest absolute Gasteiger partial charge is 0.478 e. The fraction of sp³-hybridized carbons (Fsp3) is 0. The Hall–Kier alpha value is -3.56. The molecule has 0 atom stereocenters. The summed E-state index contributed by atoms with van der Waals surface area (Å²) in [5.41, 5.74) is 4.08. The first-order valence-corrected chi connectivity index (χ1v) is 9.62. The van der Waals surface area contributed by atoms with E-state index >= 15 is 0 Å². The number of carboxylic acid groups (broad SMARTS) is 1. The molecule has 0 unspecified atom stereocenters. The fourth-order valence-corrected chi connectivity index (χ4v) is 3.98. The topological polar surface area (TPSA) is 42.2 Å². The number of halogens is 1. The Morgan fingerprint density at radius 3 is 2.38 bits per heavy atom. The molecule has 0 bridgehead atoms. The highest BCUT2D eigenvalue weighted by atomic mass is 35.5. The lowest BCUT2D eigenvalue weighted by atomic mass is 10.1. The maximum Gasteiger partial charge on any atom is 0.335 e. The predicted octanol–water partition coefficient (Wildman–Crippen LogP) is 6.80. The summed E-state index contributed by atoms with van der Waals surface area (Å²) < 4.78 is 2.11. The fourth-order valence-electron chi connectivity index (χ4n) is 3.85. The van der Waals surface area contributed by atoms with E-state index in [1.807, 2.05) is 42.5 Å². The van der Waals surface area contributed by atoms with Gasteiger partial charge < -0.3 is 9.67 Å². The summed E-state index contributed by atoms with van der Waals surface area (Å²) in [5.74, 6) is -0.943. The lowest BCUT2D eigenvalue weighted by Crippen LogP contribution is -2.01. The highest BCUT2D eigenvalue weighted by Gasteiger charge is 2.15. The average Bonchev–Trinajstić information content (AvgIpc) is 3.14. The van der Waals surface area contributed by atoms with Gasteiger partial charge >= 0.3 is 5.97 Å². The van der Waals surface area contributed by atoms with Crippen LogP contribution in [0.3, 0.4) is 0 Å². The van der Waals surface area contributed by atoms with E-state index < -0.39 is 5.97 Å². The normalized spacial score (nSPS) is 11.2. The van der Waals surface area contributed by atoms with E-state index in [4.69, 9.17) is 11.6 Å². The minimum atomic E-state index is -0.943. The number of carbonyl (C=O) groups is 1. The van der Waals surface area contributed by atoms with E-state index in [0.717, 1.165) is 33.2 Å². The molecule has 5 aromatic rings. The third-order valence-corrected chi connectivity index (χ3v) is 5.45. The van der Waals surface area contributed by atoms with Gasteiger partial charge in [0.15, 0.2) is 0 Å². The molecule has 4 heteroatoms. The Morgan fingerprint density at radius 1 is 0.793 bits per heavy atom. The number of hydrogen-bond acceptors (Lipinski definition) is 1. The first kappa shape index (κ1) is 17.5. The lowest BCUT2D eigenvalue weighted by molar-refractivity contribution is 0.0697. The van der Waals surface area contributed by atoms with Gasteiger partial charge in [-0.3, -0.25) is 0 Å². The standard InChI is InChI=1S/C25H16ClNO2/c26-19-11-8-17(9-12-19)24-15-22-21-7-2-1-4-16(21)10-13-23(22)27(24)20-6-3-5-18(14-20)25(28)29/h1-15H,(H,28,29). The first-order valence-electron chi connectivity index (χ1n) is 9.25. The van der Waals surface area contributed by atoms with E-state index in [2.05, 4.69) is 34.9 Å². The van der Waals surface area contributed by atoms with Crippen molar-refractivity contribution in [2.24, 2.45) is 0 Å². The van der Waals surface area contributed by atoms with Crippen LogP contribution in [0.25, 0.3) is 38.6 Å². The molecule has 1 heterocycles. The van der Waals surface area contributed by atoms with Gasteiger partial charge in [0.25, 0.3) is 0 Å². The summed E-state index contributed by atoms with van der Waals surface area (Å²) in [4.78, 5) is 11.5. The van der Waals surface area contributed by atoms with E-state index in [1.165, 1.54) is 5.39 Å². The number of carboxylic acids is 1. The van der Waals surface area contributed by atoms with Crippen molar-refractivity contribution in [1.29, 1.82) is 0 Å². The van der Waals surface area contributed by atoms with Crippen molar-refractivity contribution < 1.29 is 9.90 Å². The van der Waals surface area contributed by atoms with Gasteiger partial charge in [-0.25, -0.2) is 4.79 Å². The second kappa shape index (κ2) is 6.80. The van der Waals surface area contributed by atoms with Gasteiger partial charge in [0, 0.05) is 16.1 Å². The minimum Gasteiger partial charge on any atom is -0.478 e. The van der Waals surface area contributed by atoms with Crippen LogP contribution in [-0.4, -0.2) is 15.6 Å². The molecule has 3 nitrogen and oxygen atoms in total. The lowest BCUT2D eigenvalue weighted by Gasteiger charge is -2.12. The molecule has 0 aliphatic heterocycles. The van der Waals surface area contributed by atoms with Crippen molar-refractivity contribution in [2.75, 3.05) is 0 Å². The Balaban J connectivity index is 1.88. The zero-order chi connectivity index (χ0) is 20.0. The number of nitrogens with zero attached hydrogens (tertiary/aromatic N) is 1. The van der Waals surface area contributed by atoms with Gasteiger partial charge in [-0.2, -0.15) is 0 Å². The summed E-state index contributed by atoms with van der Waals surface area (Å²) in [6.07, 6.45) is 0. The monoisotopic (exact) mass is 397 g/mol. The Kier molecular flexibility index (Phi) is 4.11. The van der Waals surface area contributed by atoms with Crippen LogP contribution < -0.4 is 0 Å². The zero-order valence-electron chi connectivity index (χ0n) is 15.3. The Morgan fingerprint density at radius 2 is 1.59 bits per heavy atom. The van der Waals surface area contributed by atoms with Crippen molar-refractivity contribution in [2.45, 2.75) is 0 Å². The van der Waals surface area contributed by atoms with E-state index in [1.54, 1.807) is 18.2 Å². The zero-order valence-corrected chi connectivity index (χ0v) is 16.1. The molecular weight excluding hydrogens is 382 g/mol. The molecule has 0 amide bonds. The van der Waals surface area contributed by atoms with Crippen molar-refractivity contribution in [3.05, 3.63) is 102 Å².